The van der Waals surface area contributed by atoms with E-state index in [1.165, 1.54) is 4.68 Å². The Labute approximate surface area is 238 Å². The minimum absolute atomic E-state index is 0.0476. The van der Waals surface area contributed by atoms with Gasteiger partial charge in [-0.3, -0.25) is 9.48 Å². The van der Waals surface area contributed by atoms with Crippen molar-refractivity contribution in [2.75, 3.05) is 6.61 Å². The summed E-state index contributed by atoms with van der Waals surface area (Å²) in [5.74, 6) is -2.14. The highest BCUT2D eigenvalue weighted by atomic mass is 16.7. The molecule has 1 spiro atoms. The van der Waals surface area contributed by atoms with Crippen LogP contribution in [0.3, 0.4) is 0 Å². The first-order valence-electron chi connectivity index (χ1n) is 14.5. The summed E-state index contributed by atoms with van der Waals surface area (Å²) in [6, 6.07) is 1.74. The van der Waals surface area contributed by atoms with Gasteiger partial charge in [-0.2, -0.15) is 5.10 Å². The van der Waals surface area contributed by atoms with Crippen molar-refractivity contribution in [3.63, 3.8) is 0 Å². The van der Waals surface area contributed by atoms with Crippen LogP contribution in [0.25, 0.3) is 0 Å². The number of hydrogen-bond acceptors (Lipinski definition) is 7. The third kappa shape index (κ3) is 3.92. The van der Waals surface area contributed by atoms with Gasteiger partial charge in [0.05, 0.1) is 17.7 Å². The molecule has 1 saturated heterocycles. The Morgan fingerprint density at radius 1 is 1.18 bits per heavy atom. The van der Waals surface area contributed by atoms with Crippen molar-refractivity contribution in [3.8, 4) is 0 Å². The molecular formula is C32H46N2O6. The molecule has 4 aliphatic rings. The molecule has 2 heterocycles. The summed E-state index contributed by atoms with van der Waals surface area (Å²) in [7, 11) is 1.71. The van der Waals surface area contributed by atoms with E-state index < -0.39 is 40.9 Å². The van der Waals surface area contributed by atoms with Crippen LogP contribution in [-0.4, -0.2) is 56.8 Å². The number of hydrogen-bond donors (Lipinski definition) is 1. The summed E-state index contributed by atoms with van der Waals surface area (Å²) >= 11 is 0. The molecule has 8 nitrogen and oxygen atoms in total. The van der Waals surface area contributed by atoms with Crippen molar-refractivity contribution >= 4 is 11.8 Å². The number of aryl methyl sites for hydroxylation is 1. The standard InChI is InChI=1S/C32H46N2O6/c1-17-15-31-19(3)12-18(2)29(7,8)21(24(31)35)13-20-16-38-30(9,10)40-26(20)32(31,37)25(17)39-27(36)22-14-23(28(4,5)6)33-34(22)11/h13-15,18-19,21,25-26,37H,12,16H2,1-11H3/t18-,19+,21+,25-,26+,31-,32+/m0/s1. The molecule has 1 N–H and O–H groups in total. The molecule has 0 amide bonds. The molecular weight excluding hydrogens is 508 g/mol. The van der Waals surface area contributed by atoms with Gasteiger partial charge in [-0.05, 0) is 61.7 Å². The van der Waals surface area contributed by atoms with Gasteiger partial charge < -0.3 is 19.3 Å². The second-order valence-corrected chi connectivity index (χ2v) is 14.8. The first kappa shape index (κ1) is 29.2. The molecule has 7 atom stereocenters. The van der Waals surface area contributed by atoms with Crippen LogP contribution in [0.15, 0.2) is 29.4 Å². The molecule has 1 aromatic heterocycles. The second kappa shape index (κ2) is 8.85. The monoisotopic (exact) mass is 554 g/mol. The van der Waals surface area contributed by atoms with Crippen molar-refractivity contribution in [2.24, 2.45) is 35.6 Å². The molecule has 2 fully saturated rings. The largest absolute Gasteiger partial charge is 0.450 e. The summed E-state index contributed by atoms with van der Waals surface area (Å²) in [6.45, 7) is 20.2. The van der Waals surface area contributed by atoms with Crippen molar-refractivity contribution in [2.45, 2.75) is 105 Å². The van der Waals surface area contributed by atoms with Gasteiger partial charge in [0.1, 0.15) is 11.8 Å². The number of allylic oxidation sites excluding steroid dienone is 1. The maximum Gasteiger partial charge on any atom is 0.357 e. The molecule has 40 heavy (non-hydrogen) atoms. The SMILES string of the molecule is CC1=C[C@]23C(=O)[C@@H](C=C4COC(C)(C)O[C@H]4[C@]2(O)[C@H]1OC(=O)c1cc(C(C)(C)C)nn1C)C(C)(C)[C@@H](C)C[C@H]3C. The van der Waals surface area contributed by atoms with Crippen molar-refractivity contribution in [1.82, 2.24) is 9.78 Å². The Bertz CT molecular complexity index is 1310. The molecule has 1 aromatic rings. The molecule has 3 aliphatic carbocycles. The summed E-state index contributed by atoms with van der Waals surface area (Å²) in [6.07, 6.45) is 2.60. The highest BCUT2D eigenvalue weighted by Crippen LogP contribution is 2.63. The van der Waals surface area contributed by atoms with Gasteiger partial charge in [-0.1, -0.05) is 60.6 Å². The first-order valence-corrected chi connectivity index (χ1v) is 14.5. The van der Waals surface area contributed by atoms with Crippen LogP contribution in [0.1, 0.15) is 91.8 Å². The highest BCUT2D eigenvalue weighted by molar-refractivity contribution is 5.95. The molecule has 5 rings (SSSR count). The Kier molecular flexibility index (Phi) is 6.47. The molecule has 0 aromatic carbocycles. The quantitative estimate of drug-likeness (QED) is 0.410. The normalized spacial score (nSPS) is 38.4. The lowest BCUT2D eigenvalue weighted by atomic mass is 9.59. The molecule has 0 unspecified atom stereocenters. The number of ketones is 1. The van der Waals surface area contributed by atoms with E-state index in [1.807, 2.05) is 46.8 Å². The Balaban J connectivity index is 1.68. The summed E-state index contributed by atoms with van der Waals surface area (Å²) < 4.78 is 20.3. The lowest BCUT2D eigenvalue weighted by Gasteiger charge is -2.52. The predicted octanol–water partition coefficient (Wildman–Crippen LogP) is 4.90. The number of fused-ring (bicyclic) bond motifs is 3. The number of Topliss-reactive ketones (excluding diaryl/α,β-unsaturated/α-hetero) is 1. The molecule has 8 heteroatoms. The lowest BCUT2D eigenvalue weighted by Crippen LogP contribution is -2.68. The fourth-order valence-electron chi connectivity index (χ4n) is 7.55. The van der Waals surface area contributed by atoms with Gasteiger partial charge in [0.15, 0.2) is 23.3 Å². The Morgan fingerprint density at radius 2 is 1.82 bits per heavy atom. The minimum atomic E-state index is -1.86. The number of carbonyl (C=O) groups excluding carboxylic acids is 2. The van der Waals surface area contributed by atoms with Crippen LogP contribution >= 0.6 is 0 Å². The van der Waals surface area contributed by atoms with Crippen LogP contribution in [0, 0.1) is 28.6 Å². The van der Waals surface area contributed by atoms with Gasteiger partial charge in [0, 0.05) is 18.4 Å². The van der Waals surface area contributed by atoms with E-state index in [4.69, 9.17) is 14.2 Å². The number of nitrogens with zero attached hydrogens (tertiary/aromatic N) is 2. The second-order valence-electron chi connectivity index (χ2n) is 14.8. The lowest BCUT2D eigenvalue weighted by molar-refractivity contribution is -0.302. The zero-order chi connectivity index (χ0) is 29.8. The van der Waals surface area contributed by atoms with Gasteiger partial charge in [0.2, 0.25) is 0 Å². The van der Waals surface area contributed by atoms with Crippen LogP contribution < -0.4 is 0 Å². The number of aromatic nitrogens is 2. The van der Waals surface area contributed by atoms with Gasteiger partial charge in [-0.15, -0.1) is 0 Å². The third-order valence-electron chi connectivity index (χ3n) is 10.4. The van der Waals surface area contributed by atoms with E-state index in [1.54, 1.807) is 27.0 Å². The highest BCUT2D eigenvalue weighted by Gasteiger charge is 2.74. The van der Waals surface area contributed by atoms with E-state index in [2.05, 4.69) is 25.9 Å². The van der Waals surface area contributed by atoms with Crippen molar-refractivity contribution in [3.05, 3.63) is 40.8 Å². The van der Waals surface area contributed by atoms with E-state index in [9.17, 15) is 14.7 Å². The number of aliphatic hydroxyl groups is 1. The number of esters is 1. The fourth-order valence-corrected chi connectivity index (χ4v) is 7.55. The number of carbonyl (C=O) groups is 2. The van der Waals surface area contributed by atoms with E-state index in [0.717, 1.165) is 17.7 Å². The average Bonchev–Trinajstić information content (AvgIpc) is 3.30. The average molecular weight is 555 g/mol. The minimum Gasteiger partial charge on any atom is -0.450 e. The number of rotatable bonds is 2. The predicted molar refractivity (Wildman–Crippen MR) is 150 cm³/mol. The smallest absolute Gasteiger partial charge is 0.357 e. The van der Waals surface area contributed by atoms with E-state index in [-0.39, 0.29) is 40.7 Å². The zero-order valence-corrected chi connectivity index (χ0v) is 25.9. The summed E-state index contributed by atoms with van der Waals surface area (Å²) in [4.78, 5) is 28.6. The summed E-state index contributed by atoms with van der Waals surface area (Å²) in [5.41, 5.74) is -1.38. The number of ether oxygens (including phenoxy) is 3. The fraction of sp³-hybridized carbons (Fsp3) is 0.719. The third-order valence-corrected chi connectivity index (χ3v) is 10.4. The molecule has 0 radical (unpaired) electrons. The van der Waals surface area contributed by atoms with Crippen LogP contribution in [-0.2, 0) is 31.5 Å². The van der Waals surface area contributed by atoms with Gasteiger partial charge in [-0.25, -0.2) is 4.79 Å². The van der Waals surface area contributed by atoms with Crippen LogP contribution in [0.5, 0.6) is 0 Å². The molecule has 1 aliphatic heterocycles. The van der Waals surface area contributed by atoms with Crippen LogP contribution in [0.4, 0.5) is 0 Å². The van der Waals surface area contributed by atoms with Crippen molar-refractivity contribution in [1.29, 1.82) is 0 Å². The topological polar surface area (TPSA) is 99.9 Å². The first-order chi connectivity index (χ1) is 18.3. The van der Waals surface area contributed by atoms with Gasteiger partial charge >= 0.3 is 5.97 Å². The van der Waals surface area contributed by atoms with Crippen LogP contribution in [0.2, 0.25) is 0 Å². The Hall–Kier alpha value is -2.29. The maximum atomic E-state index is 14.8. The molecule has 220 valence electrons. The molecule has 2 bridgehead atoms. The Morgan fingerprint density at radius 3 is 2.42 bits per heavy atom. The zero-order valence-electron chi connectivity index (χ0n) is 25.9. The molecule has 1 saturated carbocycles. The van der Waals surface area contributed by atoms with E-state index >= 15 is 0 Å². The maximum absolute atomic E-state index is 14.8. The van der Waals surface area contributed by atoms with Crippen molar-refractivity contribution < 1.29 is 28.9 Å². The summed E-state index contributed by atoms with van der Waals surface area (Å²) in [5, 5.41) is 17.7. The van der Waals surface area contributed by atoms with E-state index in [0.29, 0.717) is 5.57 Å². The van der Waals surface area contributed by atoms with Gasteiger partial charge in [0.25, 0.3) is 0 Å².